The van der Waals surface area contributed by atoms with Crippen LogP contribution in [0.3, 0.4) is 0 Å². The maximum atomic E-state index is 10.7. The highest BCUT2D eigenvalue weighted by Crippen LogP contribution is 2.24. The number of aromatic carboxylic acids is 1. The van der Waals surface area contributed by atoms with Gasteiger partial charge in [0, 0.05) is 8.47 Å². The predicted molar refractivity (Wildman–Crippen MR) is 57.9 cm³/mol. The highest BCUT2D eigenvalue weighted by molar-refractivity contribution is 14.1. The van der Waals surface area contributed by atoms with E-state index in [9.17, 15) is 4.79 Å². The Labute approximate surface area is 88.5 Å². The standard InChI is InChI=1S/C8H7IO2S/c1-12-6-4-2-3-5(7(6)9)8(10)11/h2-4H,1H3,(H,10,11). The molecule has 0 aliphatic carbocycles. The number of hydrogen-bond acceptors (Lipinski definition) is 2. The van der Waals surface area contributed by atoms with Crippen molar-refractivity contribution in [2.45, 2.75) is 4.90 Å². The highest BCUT2D eigenvalue weighted by atomic mass is 127. The molecule has 2 nitrogen and oxygen atoms in total. The summed E-state index contributed by atoms with van der Waals surface area (Å²) in [7, 11) is 0. The second-order valence-corrected chi connectivity index (χ2v) is 4.05. The van der Waals surface area contributed by atoms with Crippen molar-refractivity contribution in [3.05, 3.63) is 27.3 Å². The van der Waals surface area contributed by atoms with Crippen LogP contribution >= 0.6 is 34.4 Å². The summed E-state index contributed by atoms with van der Waals surface area (Å²) in [6, 6.07) is 5.29. The molecule has 0 spiro atoms. The number of halogens is 1. The first kappa shape index (κ1) is 9.85. The van der Waals surface area contributed by atoms with E-state index >= 15 is 0 Å². The molecule has 1 aromatic rings. The molecule has 0 heterocycles. The second-order valence-electron chi connectivity index (χ2n) is 2.13. The fourth-order valence-corrected chi connectivity index (χ4v) is 2.59. The van der Waals surface area contributed by atoms with Crippen molar-refractivity contribution in [3.8, 4) is 0 Å². The van der Waals surface area contributed by atoms with Crippen LogP contribution in [0.1, 0.15) is 10.4 Å². The Hall–Kier alpha value is -0.230. The van der Waals surface area contributed by atoms with Gasteiger partial charge in [0.1, 0.15) is 0 Å². The van der Waals surface area contributed by atoms with E-state index in [4.69, 9.17) is 5.11 Å². The van der Waals surface area contributed by atoms with E-state index in [1.165, 1.54) is 0 Å². The van der Waals surface area contributed by atoms with Gasteiger partial charge in [0.25, 0.3) is 0 Å². The van der Waals surface area contributed by atoms with Crippen molar-refractivity contribution < 1.29 is 9.90 Å². The molecule has 0 aromatic heterocycles. The molecule has 0 fully saturated rings. The molecule has 4 heteroatoms. The maximum absolute atomic E-state index is 10.7. The minimum absolute atomic E-state index is 0.377. The molecule has 1 rings (SSSR count). The van der Waals surface area contributed by atoms with E-state index in [0.717, 1.165) is 8.47 Å². The monoisotopic (exact) mass is 294 g/mol. The van der Waals surface area contributed by atoms with Crippen molar-refractivity contribution in [3.63, 3.8) is 0 Å². The lowest BCUT2D eigenvalue weighted by Crippen LogP contribution is -1.99. The molecule has 1 aromatic carbocycles. The first-order chi connectivity index (χ1) is 5.66. The Morgan fingerprint density at radius 3 is 2.75 bits per heavy atom. The largest absolute Gasteiger partial charge is 0.478 e. The summed E-state index contributed by atoms with van der Waals surface area (Å²) in [5.41, 5.74) is 0.377. The Morgan fingerprint density at radius 1 is 1.58 bits per heavy atom. The van der Waals surface area contributed by atoms with Gasteiger partial charge in [-0.15, -0.1) is 11.8 Å². The minimum Gasteiger partial charge on any atom is -0.478 e. The highest BCUT2D eigenvalue weighted by Gasteiger charge is 2.09. The number of carboxylic acid groups (broad SMARTS) is 1. The Balaban J connectivity index is 3.23. The van der Waals surface area contributed by atoms with Gasteiger partial charge in [-0.2, -0.15) is 0 Å². The van der Waals surface area contributed by atoms with Crippen molar-refractivity contribution in [2.24, 2.45) is 0 Å². The molecule has 12 heavy (non-hydrogen) atoms. The molecule has 0 atom stereocenters. The summed E-state index contributed by atoms with van der Waals surface area (Å²) in [4.78, 5) is 11.7. The molecular weight excluding hydrogens is 287 g/mol. The summed E-state index contributed by atoms with van der Waals surface area (Å²) in [6.07, 6.45) is 1.93. The number of hydrogen-bond donors (Lipinski definition) is 1. The number of carboxylic acids is 1. The molecule has 0 saturated carbocycles. The first-order valence-electron chi connectivity index (χ1n) is 3.22. The quantitative estimate of drug-likeness (QED) is 0.673. The molecule has 0 radical (unpaired) electrons. The van der Waals surface area contributed by atoms with E-state index in [1.807, 2.05) is 12.3 Å². The smallest absolute Gasteiger partial charge is 0.336 e. The average Bonchev–Trinajstić information content (AvgIpc) is 2.04. The molecule has 0 amide bonds. The third-order valence-electron chi connectivity index (χ3n) is 1.41. The molecule has 0 aliphatic rings. The number of benzene rings is 1. The van der Waals surface area contributed by atoms with Crippen LogP contribution in [0, 0.1) is 3.57 Å². The molecule has 1 N–H and O–H groups in total. The van der Waals surface area contributed by atoms with Gasteiger partial charge in [-0.25, -0.2) is 4.79 Å². The summed E-state index contributed by atoms with van der Waals surface area (Å²) in [5, 5.41) is 8.77. The lowest BCUT2D eigenvalue weighted by Gasteiger charge is -2.02. The molecule has 0 saturated heterocycles. The van der Waals surface area contributed by atoms with Crippen molar-refractivity contribution in [1.29, 1.82) is 0 Å². The van der Waals surface area contributed by atoms with Gasteiger partial charge in [-0.1, -0.05) is 6.07 Å². The predicted octanol–water partition coefficient (Wildman–Crippen LogP) is 2.71. The van der Waals surface area contributed by atoms with Gasteiger partial charge >= 0.3 is 5.97 Å². The van der Waals surface area contributed by atoms with E-state index in [-0.39, 0.29) is 0 Å². The SMILES string of the molecule is CSc1cccc(C(=O)O)c1I. The van der Waals surface area contributed by atoms with Crippen LogP contribution in [0.4, 0.5) is 0 Å². The zero-order chi connectivity index (χ0) is 9.14. The molecule has 0 aliphatic heterocycles. The van der Waals surface area contributed by atoms with E-state index < -0.39 is 5.97 Å². The van der Waals surface area contributed by atoms with Crippen molar-refractivity contribution in [2.75, 3.05) is 6.26 Å². The van der Waals surface area contributed by atoms with Crippen molar-refractivity contribution >= 4 is 40.3 Å². The fraction of sp³-hybridized carbons (Fsp3) is 0.125. The molecular formula is C8H7IO2S. The zero-order valence-corrected chi connectivity index (χ0v) is 9.35. The van der Waals surface area contributed by atoms with E-state index in [0.29, 0.717) is 5.56 Å². The average molecular weight is 294 g/mol. The van der Waals surface area contributed by atoms with Crippen LogP contribution in [0.2, 0.25) is 0 Å². The van der Waals surface area contributed by atoms with Gasteiger partial charge < -0.3 is 5.11 Å². The lowest BCUT2D eigenvalue weighted by molar-refractivity contribution is 0.0695. The summed E-state index contributed by atoms with van der Waals surface area (Å²) >= 11 is 3.61. The van der Waals surface area contributed by atoms with Gasteiger partial charge in [-0.05, 0) is 41.0 Å². The van der Waals surface area contributed by atoms with Crippen molar-refractivity contribution in [1.82, 2.24) is 0 Å². The van der Waals surface area contributed by atoms with E-state index in [2.05, 4.69) is 22.6 Å². The fourth-order valence-electron chi connectivity index (χ4n) is 0.834. The number of thioether (sulfide) groups is 1. The van der Waals surface area contributed by atoms with Gasteiger partial charge in [0.15, 0.2) is 0 Å². The molecule has 0 unspecified atom stereocenters. The number of rotatable bonds is 2. The lowest BCUT2D eigenvalue weighted by atomic mass is 10.2. The van der Waals surface area contributed by atoms with Crippen LogP contribution in [-0.2, 0) is 0 Å². The van der Waals surface area contributed by atoms with Gasteiger partial charge in [-0.3, -0.25) is 0 Å². The normalized spacial score (nSPS) is 9.83. The summed E-state index contributed by atoms with van der Waals surface area (Å²) in [5.74, 6) is -0.865. The Kier molecular flexibility index (Phi) is 3.39. The van der Waals surface area contributed by atoms with Crippen LogP contribution in [0.25, 0.3) is 0 Å². The van der Waals surface area contributed by atoms with Crippen LogP contribution in [0.15, 0.2) is 23.1 Å². The molecule has 0 bridgehead atoms. The van der Waals surface area contributed by atoms with Crippen LogP contribution < -0.4 is 0 Å². The third kappa shape index (κ3) is 1.92. The van der Waals surface area contributed by atoms with E-state index in [1.54, 1.807) is 23.9 Å². The minimum atomic E-state index is -0.865. The van der Waals surface area contributed by atoms with Crippen LogP contribution in [-0.4, -0.2) is 17.3 Å². The van der Waals surface area contributed by atoms with Gasteiger partial charge in [0.2, 0.25) is 0 Å². The Morgan fingerprint density at radius 2 is 2.25 bits per heavy atom. The Bertz CT molecular complexity index is 312. The molecule has 64 valence electrons. The van der Waals surface area contributed by atoms with Crippen LogP contribution in [0.5, 0.6) is 0 Å². The third-order valence-corrected chi connectivity index (χ3v) is 3.72. The first-order valence-corrected chi connectivity index (χ1v) is 5.53. The maximum Gasteiger partial charge on any atom is 0.336 e. The zero-order valence-electron chi connectivity index (χ0n) is 6.37. The van der Waals surface area contributed by atoms with Gasteiger partial charge in [0.05, 0.1) is 5.56 Å². The summed E-state index contributed by atoms with van der Waals surface area (Å²) in [6.45, 7) is 0. The second kappa shape index (κ2) is 4.13. The topological polar surface area (TPSA) is 37.3 Å². The number of carbonyl (C=O) groups is 1. The summed E-state index contributed by atoms with van der Waals surface area (Å²) < 4.78 is 0.815.